The molecular formula is C13H16ClF2NO3S. The van der Waals surface area contributed by atoms with Crippen molar-refractivity contribution in [2.45, 2.75) is 36.3 Å². The van der Waals surface area contributed by atoms with E-state index in [2.05, 4.69) is 0 Å². The number of sulfonamides is 1. The zero-order chi connectivity index (χ0) is 15.8. The molecule has 0 saturated carbocycles. The standard InChI is InChI=1S/C13H16ClF2NO3S/c1-8-11(3-4-20-8)17(2)21(18,19)12-6-9(7-14)5-10(15)13(12)16/h5-6,8,11H,3-4,7H2,1-2H3. The summed E-state index contributed by atoms with van der Waals surface area (Å²) in [4.78, 5) is -0.695. The molecule has 4 nitrogen and oxygen atoms in total. The molecule has 0 amide bonds. The zero-order valence-corrected chi connectivity index (χ0v) is 13.2. The van der Waals surface area contributed by atoms with Crippen molar-refractivity contribution in [3.05, 3.63) is 29.3 Å². The number of benzene rings is 1. The molecule has 2 unspecified atom stereocenters. The Morgan fingerprint density at radius 2 is 2.10 bits per heavy atom. The van der Waals surface area contributed by atoms with Gasteiger partial charge in [0.25, 0.3) is 0 Å². The molecule has 21 heavy (non-hydrogen) atoms. The fourth-order valence-electron chi connectivity index (χ4n) is 2.41. The van der Waals surface area contributed by atoms with E-state index in [4.69, 9.17) is 16.3 Å². The highest BCUT2D eigenvalue weighted by molar-refractivity contribution is 7.89. The molecule has 1 saturated heterocycles. The van der Waals surface area contributed by atoms with Crippen molar-refractivity contribution in [3.8, 4) is 0 Å². The van der Waals surface area contributed by atoms with Gasteiger partial charge in [0, 0.05) is 19.5 Å². The first kappa shape index (κ1) is 16.6. The molecule has 0 aromatic heterocycles. The van der Waals surface area contributed by atoms with Crippen LogP contribution >= 0.6 is 11.6 Å². The molecular weight excluding hydrogens is 324 g/mol. The molecule has 1 fully saturated rings. The number of alkyl halides is 1. The quantitative estimate of drug-likeness (QED) is 0.792. The van der Waals surface area contributed by atoms with Gasteiger partial charge >= 0.3 is 0 Å². The highest BCUT2D eigenvalue weighted by Gasteiger charge is 2.37. The third kappa shape index (κ3) is 3.06. The maximum atomic E-state index is 13.9. The van der Waals surface area contributed by atoms with E-state index in [0.29, 0.717) is 13.0 Å². The number of rotatable bonds is 4. The Labute approximate surface area is 127 Å². The van der Waals surface area contributed by atoms with Crippen LogP contribution in [0.25, 0.3) is 0 Å². The van der Waals surface area contributed by atoms with E-state index < -0.39 is 32.6 Å². The molecule has 8 heteroatoms. The van der Waals surface area contributed by atoms with Gasteiger partial charge in [-0.1, -0.05) is 0 Å². The van der Waals surface area contributed by atoms with Crippen molar-refractivity contribution < 1.29 is 21.9 Å². The normalized spacial score (nSPS) is 23.0. The summed E-state index contributed by atoms with van der Waals surface area (Å²) in [6, 6.07) is 1.55. The van der Waals surface area contributed by atoms with E-state index >= 15 is 0 Å². The molecule has 2 rings (SSSR count). The summed E-state index contributed by atoms with van der Waals surface area (Å²) < 4.78 is 58.9. The van der Waals surface area contributed by atoms with Crippen LogP contribution in [0.4, 0.5) is 8.78 Å². The fraction of sp³-hybridized carbons (Fsp3) is 0.538. The molecule has 2 atom stereocenters. The highest BCUT2D eigenvalue weighted by Crippen LogP contribution is 2.28. The van der Waals surface area contributed by atoms with Crippen LogP contribution in [0.2, 0.25) is 0 Å². The average Bonchev–Trinajstić information content (AvgIpc) is 2.86. The first-order chi connectivity index (χ1) is 9.78. The van der Waals surface area contributed by atoms with Crippen LogP contribution < -0.4 is 0 Å². The maximum Gasteiger partial charge on any atom is 0.246 e. The van der Waals surface area contributed by atoms with Crippen molar-refractivity contribution >= 4 is 21.6 Å². The molecule has 118 valence electrons. The van der Waals surface area contributed by atoms with Gasteiger partial charge in [0.2, 0.25) is 10.0 Å². The predicted octanol–water partition coefficient (Wildman–Crippen LogP) is 2.50. The van der Waals surface area contributed by atoms with Crippen LogP contribution in [0.15, 0.2) is 17.0 Å². The minimum absolute atomic E-state index is 0.105. The highest BCUT2D eigenvalue weighted by atomic mass is 35.5. The van der Waals surface area contributed by atoms with Gasteiger partial charge in [-0.2, -0.15) is 4.31 Å². The smallest absolute Gasteiger partial charge is 0.246 e. The lowest BCUT2D eigenvalue weighted by atomic mass is 10.2. The van der Waals surface area contributed by atoms with Crippen molar-refractivity contribution in [2.75, 3.05) is 13.7 Å². The lowest BCUT2D eigenvalue weighted by Gasteiger charge is -2.26. The minimum atomic E-state index is -4.16. The first-order valence-corrected chi connectivity index (χ1v) is 8.40. The van der Waals surface area contributed by atoms with Gasteiger partial charge in [0.05, 0.1) is 12.1 Å². The third-order valence-corrected chi connectivity index (χ3v) is 5.86. The Morgan fingerprint density at radius 1 is 1.43 bits per heavy atom. The van der Waals surface area contributed by atoms with Gasteiger partial charge in [-0.05, 0) is 31.0 Å². The number of nitrogens with zero attached hydrogens (tertiary/aromatic N) is 1. The van der Waals surface area contributed by atoms with E-state index in [1.807, 2.05) is 0 Å². The van der Waals surface area contributed by atoms with Gasteiger partial charge in [0.15, 0.2) is 11.6 Å². The van der Waals surface area contributed by atoms with Crippen LogP contribution in [0.3, 0.4) is 0 Å². The first-order valence-electron chi connectivity index (χ1n) is 6.42. The Balaban J connectivity index is 2.46. The third-order valence-electron chi connectivity index (χ3n) is 3.67. The zero-order valence-electron chi connectivity index (χ0n) is 11.6. The van der Waals surface area contributed by atoms with E-state index in [1.165, 1.54) is 7.05 Å². The van der Waals surface area contributed by atoms with Crippen LogP contribution in [-0.2, 0) is 20.6 Å². The summed E-state index contributed by atoms with van der Waals surface area (Å²) in [6.45, 7) is 2.18. The van der Waals surface area contributed by atoms with Gasteiger partial charge < -0.3 is 4.74 Å². The van der Waals surface area contributed by atoms with Gasteiger partial charge in [-0.3, -0.25) is 0 Å². The molecule has 0 radical (unpaired) electrons. The Bertz CT molecular complexity index is 639. The number of halogens is 3. The van der Waals surface area contributed by atoms with E-state index in [-0.39, 0.29) is 17.5 Å². The summed E-state index contributed by atoms with van der Waals surface area (Å²) in [5.41, 5.74) is 0.207. The predicted molar refractivity (Wildman–Crippen MR) is 74.7 cm³/mol. The second-order valence-corrected chi connectivity index (χ2v) is 7.21. The van der Waals surface area contributed by atoms with Gasteiger partial charge in [-0.25, -0.2) is 17.2 Å². The molecule has 0 N–H and O–H groups in total. The van der Waals surface area contributed by atoms with E-state index in [0.717, 1.165) is 16.4 Å². The fourth-order valence-corrected chi connectivity index (χ4v) is 4.14. The lowest BCUT2D eigenvalue weighted by molar-refractivity contribution is 0.102. The summed E-state index contributed by atoms with van der Waals surface area (Å²) in [6.07, 6.45) is 0.213. The molecule has 1 heterocycles. The topological polar surface area (TPSA) is 46.6 Å². The number of ether oxygens (including phenoxy) is 1. The van der Waals surface area contributed by atoms with Crippen molar-refractivity contribution in [1.82, 2.24) is 4.31 Å². The summed E-state index contributed by atoms with van der Waals surface area (Å²) in [7, 11) is -2.82. The second-order valence-electron chi connectivity index (χ2n) is 4.98. The van der Waals surface area contributed by atoms with Crippen LogP contribution in [-0.4, -0.2) is 38.5 Å². The molecule has 1 aromatic carbocycles. The summed E-state index contributed by atoms with van der Waals surface area (Å²) in [5, 5.41) is 0. The Hall–Kier alpha value is -0.760. The molecule has 1 aromatic rings. The SMILES string of the molecule is CC1OCCC1N(C)S(=O)(=O)c1cc(CCl)cc(F)c1F. The molecule has 0 aliphatic carbocycles. The Kier molecular flexibility index (Phi) is 4.87. The lowest BCUT2D eigenvalue weighted by Crippen LogP contribution is -2.41. The molecule has 0 bridgehead atoms. The molecule has 1 aliphatic heterocycles. The van der Waals surface area contributed by atoms with Gasteiger partial charge in [-0.15, -0.1) is 11.6 Å². The summed E-state index contributed by atoms with van der Waals surface area (Å²) in [5.74, 6) is -2.72. The van der Waals surface area contributed by atoms with Crippen molar-refractivity contribution in [3.63, 3.8) is 0 Å². The summed E-state index contributed by atoms with van der Waals surface area (Å²) >= 11 is 5.59. The number of hydrogen-bond donors (Lipinski definition) is 0. The molecule has 1 aliphatic rings. The largest absolute Gasteiger partial charge is 0.377 e. The maximum absolute atomic E-state index is 13.9. The van der Waals surface area contributed by atoms with Crippen LogP contribution in [0.1, 0.15) is 18.9 Å². The van der Waals surface area contributed by atoms with Crippen LogP contribution in [0, 0.1) is 11.6 Å². The van der Waals surface area contributed by atoms with Gasteiger partial charge in [0.1, 0.15) is 4.90 Å². The van der Waals surface area contributed by atoms with Crippen molar-refractivity contribution in [2.24, 2.45) is 0 Å². The van der Waals surface area contributed by atoms with E-state index in [1.54, 1.807) is 6.92 Å². The minimum Gasteiger partial charge on any atom is -0.377 e. The monoisotopic (exact) mass is 339 g/mol. The van der Waals surface area contributed by atoms with Crippen molar-refractivity contribution in [1.29, 1.82) is 0 Å². The Morgan fingerprint density at radius 3 is 2.62 bits per heavy atom. The number of likely N-dealkylation sites (N-methyl/N-ethyl adjacent to an activating group) is 1. The second kappa shape index (κ2) is 6.16. The van der Waals surface area contributed by atoms with E-state index in [9.17, 15) is 17.2 Å². The number of hydrogen-bond acceptors (Lipinski definition) is 3. The molecule has 0 spiro atoms. The average molecular weight is 340 g/mol. The van der Waals surface area contributed by atoms with Crippen LogP contribution in [0.5, 0.6) is 0 Å².